The van der Waals surface area contributed by atoms with Gasteiger partial charge in [-0.25, -0.2) is 0 Å². The Hall–Kier alpha value is -2.82. The summed E-state index contributed by atoms with van der Waals surface area (Å²) in [6.45, 7) is 1.91. The first kappa shape index (κ1) is 19.5. The number of benzene rings is 2. The molecular formula is C24H28N2O3. The molecule has 0 spiro atoms. The van der Waals surface area contributed by atoms with Crippen LogP contribution in [0.1, 0.15) is 37.7 Å². The third kappa shape index (κ3) is 4.97. The van der Waals surface area contributed by atoms with E-state index >= 15 is 0 Å². The Bertz CT molecular complexity index is 823. The molecule has 5 nitrogen and oxygen atoms in total. The fourth-order valence-electron chi connectivity index (χ4n) is 3.90. The van der Waals surface area contributed by atoms with E-state index in [1.165, 1.54) is 6.42 Å². The highest BCUT2D eigenvalue weighted by molar-refractivity contribution is 5.92. The highest BCUT2D eigenvalue weighted by Crippen LogP contribution is 2.30. The van der Waals surface area contributed by atoms with E-state index in [0.29, 0.717) is 25.6 Å². The lowest BCUT2D eigenvalue weighted by molar-refractivity contribution is -0.140. The van der Waals surface area contributed by atoms with Crippen LogP contribution in [-0.2, 0) is 16.2 Å². The second-order valence-corrected chi connectivity index (χ2v) is 8.02. The van der Waals surface area contributed by atoms with E-state index in [1.54, 1.807) is 0 Å². The summed E-state index contributed by atoms with van der Waals surface area (Å²) >= 11 is 0. The smallest absolute Gasteiger partial charge is 0.227 e. The summed E-state index contributed by atoms with van der Waals surface area (Å²) in [7, 11) is 0. The Kier molecular flexibility index (Phi) is 6.13. The lowest BCUT2D eigenvalue weighted by Gasteiger charge is -2.36. The minimum absolute atomic E-state index is 0.0329. The number of hydrogen-bond donors (Lipinski definition) is 1. The van der Waals surface area contributed by atoms with Crippen molar-refractivity contribution in [2.75, 3.05) is 18.4 Å². The predicted octanol–water partition coefficient (Wildman–Crippen LogP) is 4.24. The van der Waals surface area contributed by atoms with Gasteiger partial charge in [-0.3, -0.25) is 9.59 Å². The first-order chi connectivity index (χ1) is 14.2. The molecule has 152 valence electrons. The molecule has 1 aliphatic carbocycles. The van der Waals surface area contributed by atoms with Crippen LogP contribution in [-0.4, -0.2) is 29.8 Å². The van der Waals surface area contributed by atoms with Crippen LogP contribution in [0.3, 0.4) is 0 Å². The summed E-state index contributed by atoms with van der Waals surface area (Å²) in [5.74, 6) is 1.31. The van der Waals surface area contributed by atoms with E-state index in [0.717, 1.165) is 42.7 Å². The third-order valence-electron chi connectivity index (χ3n) is 6.00. The number of ether oxygens (including phenoxy) is 1. The van der Waals surface area contributed by atoms with Crippen molar-refractivity contribution < 1.29 is 14.3 Å². The highest BCUT2D eigenvalue weighted by atomic mass is 16.5. The average molecular weight is 392 g/mol. The number of carbonyl (C=O) groups is 2. The number of likely N-dealkylation sites (tertiary alicyclic amines) is 1. The first-order valence-electron chi connectivity index (χ1n) is 10.6. The minimum Gasteiger partial charge on any atom is -0.489 e. The van der Waals surface area contributed by atoms with Crippen molar-refractivity contribution in [1.82, 2.24) is 4.90 Å². The van der Waals surface area contributed by atoms with E-state index in [9.17, 15) is 9.59 Å². The molecule has 1 heterocycles. The molecule has 2 fully saturated rings. The molecule has 5 heteroatoms. The molecule has 0 unspecified atom stereocenters. The molecule has 4 rings (SSSR count). The average Bonchev–Trinajstić information content (AvgIpc) is 2.73. The van der Waals surface area contributed by atoms with E-state index in [4.69, 9.17) is 4.74 Å². The molecule has 0 aromatic heterocycles. The van der Waals surface area contributed by atoms with Gasteiger partial charge in [0.1, 0.15) is 12.4 Å². The van der Waals surface area contributed by atoms with Crippen LogP contribution in [0.25, 0.3) is 0 Å². The maximum atomic E-state index is 12.6. The second kappa shape index (κ2) is 9.12. The molecule has 2 aliphatic rings. The molecule has 2 aromatic rings. The number of carbonyl (C=O) groups excluding carboxylic acids is 2. The summed E-state index contributed by atoms with van der Waals surface area (Å²) < 4.78 is 5.79. The fraction of sp³-hybridized carbons (Fsp3) is 0.417. The largest absolute Gasteiger partial charge is 0.489 e. The Labute approximate surface area is 172 Å². The maximum Gasteiger partial charge on any atom is 0.227 e. The van der Waals surface area contributed by atoms with Gasteiger partial charge in [0.15, 0.2) is 0 Å². The van der Waals surface area contributed by atoms with Gasteiger partial charge in [0.25, 0.3) is 0 Å². The minimum atomic E-state index is -0.0329. The van der Waals surface area contributed by atoms with E-state index in [1.807, 2.05) is 59.5 Å². The molecular weight excluding hydrogens is 364 g/mol. The van der Waals surface area contributed by atoms with Gasteiger partial charge in [-0.05, 0) is 55.5 Å². The van der Waals surface area contributed by atoms with Crippen molar-refractivity contribution in [2.24, 2.45) is 11.8 Å². The maximum absolute atomic E-state index is 12.6. The van der Waals surface area contributed by atoms with Crippen LogP contribution < -0.4 is 10.1 Å². The summed E-state index contributed by atoms with van der Waals surface area (Å²) in [6, 6.07) is 17.5. The fourth-order valence-corrected chi connectivity index (χ4v) is 3.90. The first-order valence-corrected chi connectivity index (χ1v) is 10.6. The number of nitrogens with one attached hydrogen (secondary N) is 1. The molecule has 1 aliphatic heterocycles. The van der Waals surface area contributed by atoms with Crippen LogP contribution in [0, 0.1) is 11.8 Å². The Morgan fingerprint density at radius 1 is 0.897 bits per heavy atom. The number of hydrogen-bond acceptors (Lipinski definition) is 3. The molecule has 0 bridgehead atoms. The zero-order chi connectivity index (χ0) is 20.1. The molecule has 1 saturated heterocycles. The van der Waals surface area contributed by atoms with Crippen LogP contribution in [0.2, 0.25) is 0 Å². The Morgan fingerprint density at radius 3 is 2.21 bits per heavy atom. The van der Waals surface area contributed by atoms with Gasteiger partial charge in [-0.1, -0.05) is 36.8 Å². The number of amides is 2. The lowest BCUT2D eigenvalue weighted by atomic mass is 9.83. The number of piperidine rings is 1. The van der Waals surface area contributed by atoms with Crippen molar-refractivity contribution in [3.8, 4) is 5.75 Å². The summed E-state index contributed by atoms with van der Waals surface area (Å²) in [4.78, 5) is 26.9. The molecule has 1 saturated carbocycles. The van der Waals surface area contributed by atoms with Crippen LogP contribution in [0.5, 0.6) is 5.75 Å². The van der Waals surface area contributed by atoms with E-state index in [2.05, 4.69) is 5.32 Å². The van der Waals surface area contributed by atoms with Crippen LogP contribution >= 0.6 is 0 Å². The third-order valence-corrected chi connectivity index (χ3v) is 6.00. The Balaban J connectivity index is 1.23. The SMILES string of the molecule is O=C(Nc1ccc(OCc2ccccc2)cc1)C1CCN(C(=O)C2CCC2)CC1. The molecule has 1 N–H and O–H groups in total. The van der Waals surface area contributed by atoms with Crippen molar-refractivity contribution in [1.29, 1.82) is 0 Å². The molecule has 0 atom stereocenters. The molecule has 29 heavy (non-hydrogen) atoms. The van der Waals surface area contributed by atoms with Gasteiger partial charge < -0.3 is 15.0 Å². The van der Waals surface area contributed by atoms with Gasteiger partial charge in [0.05, 0.1) is 0 Å². The topological polar surface area (TPSA) is 58.6 Å². The van der Waals surface area contributed by atoms with Crippen molar-refractivity contribution >= 4 is 17.5 Å². The van der Waals surface area contributed by atoms with Crippen molar-refractivity contribution in [2.45, 2.75) is 38.7 Å². The summed E-state index contributed by atoms with van der Waals surface area (Å²) in [5.41, 5.74) is 1.89. The zero-order valence-electron chi connectivity index (χ0n) is 16.7. The Morgan fingerprint density at radius 2 is 1.59 bits per heavy atom. The normalized spacial score (nSPS) is 17.4. The molecule has 2 aromatic carbocycles. The summed E-state index contributed by atoms with van der Waals surface area (Å²) in [6.07, 6.45) is 4.71. The van der Waals surface area contributed by atoms with Crippen LogP contribution in [0.4, 0.5) is 5.69 Å². The standard InChI is InChI=1S/C24H28N2O3/c27-23(19-13-15-26(16-14-19)24(28)20-7-4-8-20)25-21-9-11-22(12-10-21)29-17-18-5-2-1-3-6-18/h1-3,5-6,9-12,19-20H,4,7-8,13-17H2,(H,25,27). The van der Waals surface area contributed by atoms with E-state index < -0.39 is 0 Å². The number of nitrogens with zero attached hydrogens (tertiary/aromatic N) is 1. The van der Waals surface area contributed by atoms with Gasteiger partial charge in [0, 0.05) is 30.6 Å². The second-order valence-electron chi connectivity index (χ2n) is 8.02. The number of anilines is 1. The van der Waals surface area contributed by atoms with Crippen molar-refractivity contribution in [3.63, 3.8) is 0 Å². The van der Waals surface area contributed by atoms with Crippen LogP contribution in [0.15, 0.2) is 54.6 Å². The zero-order valence-corrected chi connectivity index (χ0v) is 16.7. The monoisotopic (exact) mass is 392 g/mol. The van der Waals surface area contributed by atoms with Gasteiger partial charge in [-0.2, -0.15) is 0 Å². The molecule has 0 radical (unpaired) electrons. The van der Waals surface area contributed by atoms with Crippen molar-refractivity contribution in [3.05, 3.63) is 60.2 Å². The quantitative estimate of drug-likeness (QED) is 0.800. The molecule has 2 amide bonds. The van der Waals surface area contributed by atoms with Gasteiger partial charge >= 0.3 is 0 Å². The summed E-state index contributed by atoms with van der Waals surface area (Å²) in [5, 5.41) is 3.00. The predicted molar refractivity (Wildman–Crippen MR) is 112 cm³/mol. The van der Waals surface area contributed by atoms with Gasteiger partial charge in [0.2, 0.25) is 11.8 Å². The van der Waals surface area contributed by atoms with Gasteiger partial charge in [-0.15, -0.1) is 0 Å². The number of rotatable bonds is 6. The van der Waals surface area contributed by atoms with E-state index in [-0.39, 0.29) is 17.7 Å². The highest BCUT2D eigenvalue weighted by Gasteiger charge is 2.33. The lowest BCUT2D eigenvalue weighted by Crippen LogP contribution is -2.45.